The van der Waals surface area contributed by atoms with Crippen LogP contribution in [0.2, 0.25) is 5.02 Å². The molecule has 0 aliphatic carbocycles. The van der Waals surface area contributed by atoms with Crippen molar-refractivity contribution in [3.05, 3.63) is 64.4 Å². The summed E-state index contributed by atoms with van der Waals surface area (Å²) < 4.78 is 13.8. The SMILES string of the molecule is CC(c1ccccc1F)N(C)Cc1ccc(Cl)c(N)c1. The lowest BCUT2D eigenvalue weighted by atomic mass is 10.1. The van der Waals surface area contributed by atoms with E-state index in [4.69, 9.17) is 17.3 Å². The molecular formula is C16H18ClFN2. The van der Waals surface area contributed by atoms with Crippen LogP contribution in [0.15, 0.2) is 42.5 Å². The molecule has 1 atom stereocenters. The smallest absolute Gasteiger partial charge is 0.127 e. The summed E-state index contributed by atoms with van der Waals surface area (Å²) in [5.74, 6) is -0.178. The molecule has 0 amide bonds. The predicted octanol–water partition coefficient (Wildman–Crippen LogP) is 4.25. The third-order valence-corrected chi connectivity index (χ3v) is 3.85. The van der Waals surface area contributed by atoms with E-state index in [0.29, 0.717) is 22.8 Å². The molecule has 0 aliphatic rings. The van der Waals surface area contributed by atoms with E-state index in [1.165, 1.54) is 6.07 Å². The monoisotopic (exact) mass is 292 g/mol. The van der Waals surface area contributed by atoms with E-state index in [2.05, 4.69) is 4.90 Å². The predicted molar refractivity (Wildman–Crippen MR) is 82.1 cm³/mol. The first-order chi connectivity index (χ1) is 9.49. The maximum absolute atomic E-state index is 13.8. The number of anilines is 1. The number of hydrogen-bond acceptors (Lipinski definition) is 2. The van der Waals surface area contributed by atoms with Gasteiger partial charge in [0.05, 0.1) is 10.7 Å². The largest absolute Gasteiger partial charge is 0.398 e. The maximum Gasteiger partial charge on any atom is 0.127 e. The Balaban J connectivity index is 2.13. The van der Waals surface area contributed by atoms with Crippen LogP contribution >= 0.6 is 11.6 Å². The molecule has 0 bridgehead atoms. The second kappa shape index (κ2) is 6.25. The van der Waals surface area contributed by atoms with Gasteiger partial charge in [0.2, 0.25) is 0 Å². The molecule has 0 aliphatic heterocycles. The van der Waals surface area contributed by atoms with Crippen molar-refractivity contribution in [1.29, 1.82) is 0 Å². The number of nitrogens with zero attached hydrogens (tertiary/aromatic N) is 1. The first-order valence-electron chi connectivity index (χ1n) is 6.47. The van der Waals surface area contributed by atoms with Crippen LogP contribution in [-0.2, 0) is 6.54 Å². The van der Waals surface area contributed by atoms with Crippen molar-refractivity contribution in [2.45, 2.75) is 19.5 Å². The van der Waals surface area contributed by atoms with E-state index in [9.17, 15) is 4.39 Å². The highest BCUT2D eigenvalue weighted by atomic mass is 35.5. The Kier molecular flexibility index (Phi) is 4.63. The molecule has 2 rings (SSSR count). The van der Waals surface area contributed by atoms with Crippen molar-refractivity contribution in [3.8, 4) is 0 Å². The first kappa shape index (κ1) is 14.8. The second-order valence-corrected chi connectivity index (χ2v) is 5.38. The van der Waals surface area contributed by atoms with Crippen LogP contribution < -0.4 is 5.73 Å². The summed E-state index contributed by atoms with van der Waals surface area (Å²) in [5.41, 5.74) is 8.11. The molecule has 0 saturated heterocycles. The van der Waals surface area contributed by atoms with Crippen molar-refractivity contribution >= 4 is 17.3 Å². The van der Waals surface area contributed by atoms with Gasteiger partial charge in [-0.1, -0.05) is 35.9 Å². The lowest BCUT2D eigenvalue weighted by molar-refractivity contribution is 0.248. The van der Waals surface area contributed by atoms with E-state index in [1.807, 2.05) is 38.2 Å². The molecule has 2 nitrogen and oxygen atoms in total. The van der Waals surface area contributed by atoms with Crippen LogP contribution in [-0.4, -0.2) is 11.9 Å². The fourth-order valence-corrected chi connectivity index (χ4v) is 2.29. The van der Waals surface area contributed by atoms with Gasteiger partial charge in [-0.25, -0.2) is 4.39 Å². The number of rotatable bonds is 4. The summed E-state index contributed by atoms with van der Waals surface area (Å²) in [4.78, 5) is 2.07. The standard InChI is InChI=1S/C16H18ClFN2/c1-11(13-5-3-4-6-15(13)18)20(2)10-12-7-8-14(17)16(19)9-12/h3-9,11H,10,19H2,1-2H3. The number of halogens is 2. The first-order valence-corrected chi connectivity index (χ1v) is 6.85. The highest BCUT2D eigenvalue weighted by molar-refractivity contribution is 6.33. The summed E-state index contributed by atoms with van der Waals surface area (Å²) in [5, 5.41) is 0.554. The zero-order valence-electron chi connectivity index (χ0n) is 11.6. The van der Waals surface area contributed by atoms with Gasteiger partial charge >= 0.3 is 0 Å². The minimum atomic E-state index is -0.178. The number of nitrogen functional groups attached to an aromatic ring is 1. The van der Waals surface area contributed by atoms with E-state index < -0.39 is 0 Å². The molecule has 2 aromatic carbocycles. The Morgan fingerprint density at radius 1 is 1.25 bits per heavy atom. The summed E-state index contributed by atoms with van der Waals surface area (Å²) in [6.45, 7) is 2.66. The van der Waals surface area contributed by atoms with E-state index in [0.717, 1.165) is 5.56 Å². The highest BCUT2D eigenvalue weighted by Crippen LogP contribution is 2.25. The van der Waals surface area contributed by atoms with Gasteiger partial charge in [-0.2, -0.15) is 0 Å². The normalized spacial score (nSPS) is 12.7. The van der Waals surface area contributed by atoms with Gasteiger partial charge < -0.3 is 5.73 Å². The van der Waals surface area contributed by atoms with Crippen molar-refractivity contribution in [1.82, 2.24) is 4.90 Å². The van der Waals surface area contributed by atoms with Crippen molar-refractivity contribution in [2.75, 3.05) is 12.8 Å². The van der Waals surface area contributed by atoms with Gasteiger partial charge in [-0.05, 0) is 37.7 Å². The van der Waals surface area contributed by atoms with E-state index >= 15 is 0 Å². The van der Waals surface area contributed by atoms with Gasteiger partial charge in [0.25, 0.3) is 0 Å². The lowest BCUT2D eigenvalue weighted by Gasteiger charge is -2.25. The molecular weight excluding hydrogens is 275 g/mol. The Hall–Kier alpha value is -1.58. The lowest BCUT2D eigenvalue weighted by Crippen LogP contribution is -2.22. The van der Waals surface area contributed by atoms with Gasteiger partial charge in [0.15, 0.2) is 0 Å². The molecule has 20 heavy (non-hydrogen) atoms. The zero-order valence-corrected chi connectivity index (χ0v) is 12.4. The minimum Gasteiger partial charge on any atom is -0.398 e. The Morgan fingerprint density at radius 2 is 1.95 bits per heavy atom. The third kappa shape index (κ3) is 3.30. The quantitative estimate of drug-likeness (QED) is 0.854. The molecule has 0 spiro atoms. The van der Waals surface area contributed by atoms with Crippen molar-refractivity contribution in [3.63, 3.8) is 0 Å². The topological polar surface area (TPSA) is 29.3 Å². The number of benzene rings is 2. The summed E-state index contributed by atoms with van der Waals surface area (Å²) in [6.07, 6.45) is 0. The van der Waals surface area contributed by atoms with Crippen LogP contribution in [0.5, 0.6) is 0 Å². The van der Waals surface area contributed by atoms with Gasteiger partial charge in [0, 0.05) is 18.2 Å². The molecule has 2 aromatic rings. The highest BCUT2D eigenvalue weighted by Gasteiger charge is 2.15. The van der Waals surface area contributed by atoms with Gasteiger partial charge in [0.1, 0.15) is 5.82 Å². The van der Waals surface area contributed by atoms with Crippen LogP contribution in [0.1, 0.15) is 24.1 Å². The molecule has 0 radical (unpaired) electrons. The third-order valence-electron chi connectivity index (χ3n) is 3.51. The molecule has 0 aromatic heterocycles. The zero-order chi connectivity index (χ0) is 14.7. The van der Waals surface area contributed by atoms with Crippen LogP contribution in [0.25, 0.3) is 0 Å². The number of hydrogen-bond donors (Lipinski definition) is 1. The number of nitrogens with two attached hydrogens (primary N) is 1. The van der Waals surface area contributed by atoms with Gasteiger partial charge in [-0.3, -0.25) is 4.90 Å². The maximum atomic E-state index is 13.8. The molecule has 106 valence electrons. The Bertz CT molecular complexity index is 601. The second-order valence-electron chi connectivity index (χ2n) is 4.97. The van der Waals surface area contributed by atoms with Crippen LogP contribution in [0.3, 0.4) is 0 Å². The summed E-state index contributed by atoms with van der Waals surface area (Å²) >= 11 is 5.91. The minimum absolute atomic E-state index is 0.0203. The Morgan fingerprint density at radius 3 is 2.60 bits per heavy atom. The van der Waals surface area contributed by atoms with Crippen LogP contribution in [0, 0.1) is 5.82 Å². The average Bonchev–Trinajstić information content (AvgIpc) is 2.42. The molecule has 1 unspecified atom stereocenters. The van der Waals surface area contributed by atoms with E-state index in [-0.39, 0.29) is 11.9 Å². The molecule has 0 heterocycles. The van der Waals surface area contributed by atoms with Gasteiger partial charge in [-0.15, -0.1) is 0 Å². The van der Waals surface area contributed by atoms with Crippen molar-refractivity contribution in [2.24, 2.45) is 0 Å². The fourth-order valence-electron chi connectivity index (χ4n) is 2.17. The fraction of sp³-hybridized carbons (Fsp3) is 0.250. The summed E-state index contributed by atoms with van der Waals surface area (Å²) in [7, 11) is 1.96. The van der Waals surface area contributed by atoms with Crippen molar-refractivity contribution < 1.29 is 4.39 Å². The molecule has 4 heteroatoms. The average molecular weight is 293 g/mol. The molecule has 2 N–H and O–H groups in total. The van der Waals surface area contributed by atoms with Crippen LogP contribution in [0.4, 0.5) is 10.1 Å². The molecule has 0 fully saturated rings. The Labute approximate surface area is 124 Å². The molecule has 0 saturated carbocycles. The summed E-state index contributed by atoms with van der Waals surface area (Å²) in [6, 6.07) is 12.4. The van der Waals surface area contributed by atoms with E-state index in [1.54, 1.807) is 12.1 Å².